The number of carbonyl (C=O) groups excluding carboxylic acids is 1. The maximum atomic E-state index is 12.7. The van der Waals surface area contributed by atoms with E-state index in [1.54, 1.807) is 0 Å². The number of amides is 1. The van der Waals surface area contributed by atoms with E-state index in [0.29, 0.717) is 11.9 Å². The third kappa shape index (κ3) is 2.54. The molecule has 1 amide bonds. The molecule has 2 fully saturated rings. The second-order valence-electron chi connectivity index (χ2n) is 5.93. The summed E-state index contributed by atoms with van der Waals surface area (Å²) in [6.45, 7) is 0.908. The van der Waals surface area contributed by atoms with E-state index in [2.05, 4.69) is 16.0 Å². The SMILES string of the molecule is NC1CCC(C(=O)N2CCCC2c2ccc[nH]2)CC1. The molecule has 0 radical (unpaired) electrons. The predicted molar refractivity (Wildman–Crippen MR) is 74.4 cm³/mol. The first-order valence-corrected chi connectivity index (χ1v) is 7.45. The van der Waals surface area contributed by atoms with Crippen molar-refractivity contribution in [2.45, 2.75) is 50.6 Å². The summed E-state index contributed by atoms with van der Waals surface area (Å²) in [5.41, 5.74) is 7.10. The van der Waals surface area contributed by atoms with Gasteiger partial charge in [0.15, 0.2) is 0 Å². The number of nitrogens with two attached hydrogens (primary N) is 1. The molecule has 1 atom stereocenters. The highest BCUT2D eigenvalue weighted by Crippen LogP contribution is 2.34. The minimum atomic E-state index is 0.204. The lowest BCUT2D eigenvalue weighted by molar-refractivity contribution is -0.137. The fraction of sp³-hybridized carbons (Fsp3) is 0.667. The molecule has 1 aromatic rings. The molecule has 1 aliphatic heterocycles. The number of hydrogen-bond acceptors (Lipinski definition) is 2. The van der Waals surface area contributed by atoms with E-state index >= 15 is 0 Å². The number of hydrogen-bond donors (Lipinski definition) is 2. The molecular weight excluding hydrogens is 238 g/mol. The number of rotatable bonds is 2. The van der Waals surface area contributed by atoms with Gasteiger partial charge < -0.3 is 15.6 Å². The van der Waals surface area contributed by atoms with Crippen molar-refractivity contribution in [1.29, 1.82) is 0 Å². The Morgan fingerprint density at radius 2 is 2.05 bits per heavy atom. The minimum absolute atomic E-state index is 0.204. The number of aromatic amines is 1. The largest absolute Gasteiger partial charge is 0.363 e. The highest BCUT2D eigenvalue weighted by molar-refractivity contribution is 5.79. The van der Waals surface area contributed by atoms with Gasteiger partial charge in [-0.2, -0.15) is 0 Å². The fourth-order valence-electron chi connectivity index (χ4n) is 3.51. The van der Waals surface area contributed by atoms with E-state index in [-0.39, 0.29) is 12.0 Å². The maximum Gasteiger partial charge on any atom is 0.226 e. The molecule has 3 N–H and O–H groups in total. The number of aromatic nitrogens is 1. The summed E-state index contributed by atoms with van der Waals surface area (Å²) in [4.78, 5) is 18.0. The molecule has 0 spiro atoms. The van der Waals surface area contributed by atoms with E-state index in [4.69, 9.17) is 5.73 Å². The zero-order valence-corrected chi connectivity index (χ0v) is 11.3. The van der Waals surface area contributed by atoms with Crippen LogP contribution in [0.5, 0.6) is 0 Å². The van der Waals surface area contributed by atoms with Crippen LogP contribution in [0.4, 0.5) is 0 Å². The molecule has 4 nitrogen and oxygen atoms in total. The van der Waals surface area contributed by atoms with Gasteiger partial charge in [-0.25, -0.2) is 0 Å². The van der Waals surface area contributed by atoms with Crippen LogP contribution in [0, 0.1) is 5.92 Å². The zero-order valence-electron chi connectivity index (χ0n) is 11.3. The average Bonchev–Trinajstić information content (AvgIpc) is 3.09. The van der Waals surface area contributed by atoms with E-state index < -0.39 is 0 Å². The Balaban J connectivity index is 1.69. The predicted octanol–water partition coefficient (Wildman–Crippen LogP) is 2.20. The normalized spacial score (nSPS) is 31.6. The van der Waals surface area contributed by atoms with Gasteiger partial charge in [0, 0.05) is 30.4 Å². The van der Waals surface area contributed by atoms with E-state index in [0.717, 1.165) is 45.1 Å². The molecule has 1 aliphatic carbocycles. The lowest BCUT2D eigenvalue weighted by Gasteiger charge is -2.31. The summed E-state index contributed by atoms with van der Waals surface area (Å²) < 4.78 is 0. The molecule has 0 aromatic carbocycles. The van der Waals surface area contributed by atoms with Crippen LogP contribution >= 0.6 is 0 Å². The molecule has 2 aliphatic rings. The molecule has 4 heteroatoms. The molecule has 0 bridgehead atoms. The lowest BCUT2D eigenvalue weighted by atomic mass is 9.85. The van der Waals surface area contributed by atoms with Crippen LogP contribution in [0.25, 0.3) is 0 Å². The average molecular weight is 261 g/mol. The Kier molecular flexibility index (Phi) is 3.60. The van der Waals surface area contributed by atoms with Gasteiger partial charge >= 0.3 is 0 Å². The summed E-state index contributed by atoms with van der Waals surface area (Å²) in [6.07, 6.45) is 8.06. The second-order valence-corrected chi connectivity index (χ2v) is 5.93. The Bertz CT molecular complexity index is 421. The van der Waals surface area contributed by atoms with Crippen molar-refractivity contribution in [2.24, 2.45) is 11.7 Å². The molecule has 19 heavy (non-hydrogen) atoms. The van der Waals surface area contributed by atoms with Crippen LogP contribution < -0.4 is 5.73 Å². The van der Waals surface area contributed by atoms with E-state index in [1.165, 1.54) is 5.69 Å². The topological polar surface area (TPSA) is 62.1 Å². The molecular formula is C15H23N3O. The fourth-order valence-corrected chi connectivity index (χ4v) is 3.51. The van der Waals surface area contributed by atoms with Crippen molar-refractivity contribution in [3.63, 3.8) is 0 Å². The van der Waals surface area contributed by atoms with Gasteiger partial charge in [0.05, 0.1) is 6.04 Å². The summed E-state index contributed by atoms with van der Waals surface area (Å²) in [5.74, 6) is 0.555. The quantitative estimate of drug-likeness (QED) is 0.857. The maximum absolute atomic E-state index is 12.7. The van der Waals surface area contributed by atoms with E-state index in [9.17, 15) is 4.79 Å². The monoisotopic (exact) mass is 261 g/mol. The van der Waals surface area contributed by atoms with Crippen LogP contribution in [-0.2, 0) is 4.79 Å². The van der Waals surface area contributed by atoms with Gasteiger partial charge in [0.1, 0.15) is 0 Å². The molecule has 1 saturated carbocycles. The minimum Gasteiger partial charge on any atom is -0.363 e. The second kappa shape index (κ2) is 5.37. The Morgan fingerprint density at radius 1 is 1.26 bits per heavy atom. The van der Waals surface area contributed by atoms with Gasteiger partial charge in [0.2, 0.25) is 5.91 Å². The number of likely N-dealkylation sites (tertiary alicyclic amines) is 1. The third-order valence-electron chi connectivity index (χ3n) is 4.64. The first-order valence-electron chi connectivity index (χ1n) is 7.45. The summed E-state index contributed by atoms with van der Waals surface area (Å²) in [6, 6.07) is 4.67. The lowest BCUT2D eigenvalue weighted by Crippen LogP contribution is -2.39. The molecule has 2 heterocycles. The third-order valence-corrected chi connectivity index (χ3v) is 4.64. The molecule has 3 rings (SSSR count). The van der Waals surface area contributed by atoms with Crippen LogP contribution in [0.1, 0.15) is 50.3 Å². The van der Waals surface area contributed by atoms with Crippen LogP contribution in [0.3, 0.4) is 0 Å². The van der Waals surface area contributed by atoms with Crippen LogP contribution in [0.2, 0.25) is 0 Å². The highest BCUT2D eigenvalue weighted by atomic mass is 16.2. The van der Waals surface area contributed by atoms with Gasteiger partial charge in [-0.05, 0) is 50.7 Å². The van der Waals surface area contributed by atoms with Gasteiger partial charge in [0.25, 0.3) is 0 Å². The van der Waals surface area contributed by atoms with Crippen molar-refractivity contribution in [1.82, 2.24) is 9.88 Å². The number of nitrogens with zero attached hydrogens (tertiary/aromatic N) is 1. The Morgan fingerprint density at radius 3 is 2.74 bits per heavy atom. The Hall–Kier alpha value is -1.29. The van der Waals surface area contributed by atoms with Crippen LogP contribution in [-0.4, -0.2) is 28.4 Å². The standard InChI is InChI=1S/C15H23N3O/c16-12-7-5-11(6-8-12)15(19)18-10-2-4-14(18)13-3-1-9-17-13/h1,3,9,11-12,14,17H,2,4-8,10,16H2. The summed E-state index contributed by atoms with van der Waals surface area (Å²) in [5, 5.41) is 0. The van der Waals surface area contributed by atoms with Crippen molar-refractivity contribution >= 4 is 5.91 Å². The smallest absolute Gasteiger partial charge is 0.226 e. The van der Waals surface area contributed by atoms with Crippen molar-refractivity contribution in [3.05, 3.63) is 24.0 Å². The Labute approximate surface area is 114 Å². The molecule has 1 saturated heterocycles. The number of nitrogens with one attached hydrogen (secondary N) is 1. The molecule has 1 unspecified atom stereocenters. The van der Waals surface area contributed by atoms with Crippen molar-refractivity contribution in [2.75, 3.05) is 6.54 Å². The first kappa shape index (κ1) is 12.7. The van der Waals surface area contributed by atoms with Crippen molar-refractivity contribution in [3.8, 4) is 0 Å². The van der Waals surface area contributed by atoms with Crippen LogP contribution in [0.15, 0.2) is 18.3 Å². The molecule has 1 aromatic heterocycles. The number of H-pyrrole nitrogens is 1. The molecule has 104 valence electrons. The summed E-state index contributed by atoms with van der Waals surface area (Å²) in [7, 11) is 0. The number of carbonyl (C=O) groups is 1. The highest BCUT2D eigenvalue weighted by Gasteiger charge is 2.35. The van der Waals surface area contributed by atoms with Crippen molar-refractivity contribution < 1.29 is 4.79 Å². The van der Waals surface area contributed by atoms with Gasteiger partial charge in [-0.1, -0.05) is 0 Å². The summed E-state index contributed by atoms with van der Waals surface area (Å²) >= 11 is 0. The van der Waals surface area contributed by atoms with Gasteiger partial charge in [-0.3, -0.25) is 4.79 Å². The van der Waals surface area contributed by atoms with E-state index in [1.807, 2.05) is 12.3 Å². The first-order chi connectivity index (χ1) is 9.25. The van der Waals surface area contributed by atoms with Gasteiger partial charge in [-0.15, -0.1) is 0 Å². The zero-order chi connectivity index (χ0) is 13.2.